The molecule has 0 aliphatic rings. The van der Waals surface area contributed by atoms with Crippen LogP contribution in [0.1, 0.15) is 52.7 Å². The van der Waals surface area contributed by atoms with E-state index in [0.29, 0.717) is 5.56 Å². The Labute approximate surface area is 141 Å². The van der Waals surface area contributed by atoms with Crippen molar-refractivity contribution in [1.29, 1.82) is 5.26 Å². The van der Waals surface area contributed by atoms with E-state index in [1.165, 1.54) is 12.1 Å². The van der Waals surface area contributed by atoms with Crippen LogP contribution in [-0.4, -0.2) is 15.8 Å². The Bertz CT molecular complexity index is 757. The van der Waals surface area contributed by atoms with Gasteiger partial charge in [-0.25, -0.2) is 0 Å². The lowest BCUT2D eigenvalue weighted by Crippen LogP contribution is -2.22. The number of nitro groups is 1. The number of carbonyl (C=O) groups is 1. The molecule has 1 rings (SSSR count). The van der Waals surface area contributed by atoms with Gasteiger partial charge in [0, 0.05) is 11.5 Å². The topological polar surface area (TPSA) is 104 Å². The number of nitriles is 1. The molecule has 1 aromatic carbocycles. The fourth-order valence-electron chi connectivity index (χ4n) is 2.07. The van der Waals surface area contributed by atoms with Crippen molar-refractivity contribution in [2.75, 3.05) is 0 Å². The highest BCUT2D eigenvalue weighted by Gasteiger charge is 2.31. The van der Waals surface area contributed by atoms with Crippen molar-refractivity contribution in [3.05, 3.63) is 45.0 Å². The van der Waals surface area contributed by atoms with Gasteiger partial charge in [0.05, 0.1) is 10.5 Å². The van der Waals surface area contributed by atoms with Gasteiger partial charge in [0.15, 0.2) is 11.5 Å². The summed E-state index contributed by atoms with van der Waals surface area (Å²) < 4.78 is 0. The van der Waals surface area contributed by atoms with Crippen molar-refractivity contribution in [2.24, 2.45) is 5.41 Å². The molecule has 1 N–H and O–H groups in total. The minimum atomic E-state index is -0.890. The second-order valence-corrected chi connectivity index (χ2v) is 7.65. The van der Waals surface area contributed by atoms with Gasteiger partial charge in [0.1, 0.15) is 11.6 Å². The molecule has 0 amide bonds. The smallest absolute Gasteiger partial charge is 0.280 e. The molecule has 24 heavy (non-hydrogen) atoms. The lowest BCUT2D eigenvalue weighted by Gasteiger charge is -2.20. The molecule has 1 aromatic rings. The van der Waals surface area contributed by atoms with Crippen molar-refractivity contribution >= 4 is 17.2 Å². The van der Waals surface area contributed by atoms with E-state index >= 15 is 0 Å². The molecule has 0 saturated carbocycles. The van der Waals surface area contributed by atoms with E-state index in [0.717, 1.165) is 0 Å². The van der Waals surface area contributed by atoms with Crippen LogP contribution in [-0.2, 0) is 10.2 Å². The lowest BCUT2D eigenvalue weighted by molar-refractivity contribution is -0.385. The first-order valence-electron chi connectivity index (χ1n) is 7.48. The Morgan fingerprint density at radius 1 is 1.21 bits per heavy atom. The van der Waals surface area contributed by atoms with E-state index in [2.05, 4.69) is 0 Å². The number of nitro benzene ring substituents is 1. The highest BCUT2D eigenvalue weighted by Crippen LogP contribution is 2.33. The van der Waals surface area contributed by atoms with Crippen molar-refractivity contribution in [3.63, 3.8) is 0 Å². The van der Waals surface area contributed by atoms with Crippen molar-refractivity contribution in [2.45, 2.75) is 47.0 Å². The first kappa shape index (κ1) is 19.4. The number of hydrogen-bond donors (Lipinski definition) is 1. The largest absolute Gasteiger partial charge is 0.506 e. The zero-order chi connectivity index (χ0) is 18.9. The van der Waals surface area contributed by atoms with Crippen molar-refractivity contribution in [1.82, 2.24) is 0 Å². The SMILES string of the molecule is CC(C)(C)C(=O)C(C#N)=C(O)c1ccc(C(C)(C)C)cc1[N+](=O)[O-]. The van der Waals surface area contributed by atoms with Crippen molar-refractivity contribution in [3.8, 4) is 6.07 Å². The summed E-state index contributed by atoms with van der Waals surface area (Å²) in [4.78, 5) is 23.1. The molecule has 0 unspecified atom stereocenters. The van der Waals surface area contributed by atoms with Crippen LogP contribution in [0.3, 0.4) is 0 Å². The number of hydrogen-bond acceptors (Lipinski definition) is 5. The normalized spacial score (nSPS) is 13.0. The van der Waals surface area contributed by atoms with E-state index in [1.54, 1.807) is 32.9 Å². The van der Waals surface area contributed by atoms with Crippen LogP contribution in [0.5, 0.6) is 0 Å². The molecular weight excluding hydrogens is 308 g/mol. The number of nitrogens with zero attached hydrogens (tertiary/aromatic N) is 2. The van der Waals surface area contributed by atoms with Crippen molar-refractivity contribution < 1.29 is 14.8 Å². The summed E-state index contributed by atoms with van der Waals surface area (Å²) >= 11 is 0. The van der Waals surface area contributed by atoms with Gasteiger partial charge < -0.3 is 5.11 Å². The Morgan fingerprint density at radius 3 is 2.12 bits per heavy atom. The maximum Gasteiger partial charge on any atom is 0.280 e. The molecule has 0 radical (unpaired) electrons. The van der Waals surface area contributed by atoms with Gasteiger partial charge in [0.25, 0.3) is 5.69 Å². The third kappa shape index (κ3) is 3.99. The zero-order valence-electron chi connectivity index (χ0n) is 14.8. The summed E-state index contributed by atoms with van der Waals surface area (Å²) in [5, 5.41) is 31.0. The predicted octanol–water partition coefficient (Wildman–Crippen LogP) is 4.30. The summed E-state index contributed by atoms with van der Waals surface area (Å²) in [6.07, 6.45) is 0. The summed E-state index contributed by atoms with van der Waals surface area (Å²) in [6.45, 7) is 10.5. The number of benzene rings is 1. The second kappa shape index (κ2) is 6.44. The van der Waals surface area contributed by atoms with Crippen LogP contribution < -0.4 is 0 Å². The summed E-state index contributed by atoms with van der Waals surface area (Å²) in [6, 6.07) is 6.06. The number of carbonyl (C=O) groups excluding carboxylic acids is 1. The van der Waals surface area contributed by atoms with Gasteiger partial charge in [-0.05, 0) is 17.0 Å². The molecule has 0 saturated heterocycles. The van der Waals surface area contributed by atoms with Crippen LogP contribution in [0, 0.1) is 26.9 Å². The first-order valence-corrected chi connectivity index (χ1v) is 7.48. The van der Waals surface area contributed by atoms with E-state index in [1.807, 2.05) is 20.8 Å². The summed E-state index contributed by atoms with van der Waals surface area (Å²) in [7, 11) is 0. The molecule has 6 heteroatoms. The summed E-state index contributed by atoms with van der Waals surface area (Å²) in [5.41, 5.74) is -1.45. The monoisotopic (exact) mass is 330 g/mol. The number of rotatable bonds is 3. The Morgan fingerprint density at radius 2 is 1.75 bits per heavy atom. The second-order valence-electron chi connectivity index (χ2n) is 7.65. The number of ketones is 1. The molecule has 0 atom stereocenters. The van der Waals surface area contributed by atoms with Gasteiger partial charge in [-0.1, -0.05) is 47.6 Å². The Balaban J connectivity index is 3.66. The first-order chi connectivity index (χ1) is 10.8. The molecule has 0 spiro atoms. The van der Waals surface area contributed by atoms with Gasteiger partial charge in [-0.3, -0.25) is 14.9 Å². The molecule has 128 valence electrons. The average Bonchev–Trinajstić information content (AvgIpc) is 2.45. The van der Waals surface area contributed by atoms with Gasteiger partial charge in [-0.15, -0.1) is 0 Å². The number of aliphatic hydroxyl groups excluding tert-OH is 1. The maximum atomic E-state index is 12.3. The van der Waals surface area contributed by atoms with E-state index < -0.39 is 27.5 Å². The van der Waals surface area contributed by atoms with Gasteiger partial charge >= 0.3 is 0 Å². The molecule has 0 aromatic heterocycles. The summed E-state index contributed by atoms with van der Waals surface area (Å²) in [5.74, 6) is -1.23. The number of Topliss-reactive ketones (excluding diaryl/α,β-unsaturated/α-hetero) is 1. The quantitative estimate of drug-likeness (QED) is 0.292. The predicted molar refractivity (Wildman–Crippen MR) is 91.4 cm³/mol. The fourth-order valence-corrected chi connectivity index (χ4v) is 2.07. The minimum absolute atomic E-state index is 0.137. The molecular formula is C18H22N2O4. The van der Waals surface area contributed by atoms with Crippen LogP contribution in [0.25, 0.3) is 5.76 Å². The fraction of sp³-hybridized carbons (Fsp3) is 0.444. The third-order valence-corrected chi connectivity index (χ3v) is 3.57. The Kier molecular flexibility index (Phi) is 5.20. The molecule has 6 nitrogen and oxygen atoms in total. The average molecular weight is 330 g/mol. The third-order valence-electron chi connectivity index (χ3n) is 3.57. The zero-order valence-corrected chi connectivity index (χ0v) is 14.8. The van der Waals surface area contributed by atoms with Gasteiger partial charge in [0.2, 0.25) is 0 Å². The van der Waals surface area contributed by atoms with Crippen LogP contribution >= 0.6 is 0 Å². The minimum Gasteiger partial charge on any atom is -0.506 e. The van der Waals surface area contributed by atoms with E-state index in [9.17, 15) is 25.3 Å². The van der Waals surface area contributed by atoms with E-state index in [4.69, 9.17) is 0 Å². The Hall–Kier alpha value is -2.68. The molecule has 0 heterocycles. The highest BCUT2D eigenvalue weighted by atomic mass is 16.6. The lowest BCUT2D eigenvalue weighted by atomic mass is 9.84. The van der Waals surface area contributed by atoms with E-state index in [-0.39, 0.29) is 16.7 Å². The maximum absolute atomic E-state index is 12.3. The standard InChI is InChI=1S/C18H22N2O4/c1-17(2,3)11-7-8-12(14(9-11)20(23)24)15(21)13(10-19)16(22)18(4,5)6/h7-9,21H,1-6H3. The molecule has 0 fully saturated rings. The van der Waals surface area contributed by atoms with Gasteiger partial charge in [-0.2, -0.15) is 5.26 Å². The number of allylic oxidation sites excluding steroid dienone is 1. The van der Waals surface area contributed by atoms with Crippen LogP contribution in [0.15, 0.2) is 23.8 Å². The highest BCUT2D eigenvalue weighted by molar-refractivity contribution is 6.08. The van der Waals surface area contributed by atoms with Crippen LogP contribution in [0.2, 0.25) is 0 Å². The molecule has 0 aliphatic carbocycles. The molecule has 0 bridgehead atoms. The number of aliphatic hydroxyl groups is 1. The molecule has 0 aliphatic heterocycles. The van der Waals surface area contributed by atoms with Crippen LogP contribution in [0.4, 0.5) is 5.69 Å².